The Kier molecular flexibility index (Phi) is 5.98. The number of aliphatic carboxylic acids is 1. The van der Waals surface area contributed by atoms with Crippen LogP contribution in [0.15, 0.2) is 48.5 Å². The number of carbonyl (C=O) groups is 2. The van der Waals surface area contributed by atoms with Gasteiger partial charge in [-0.05, 0) is 25.1 Å². The van der Waals surface area contributed by atoms with Gasteiger partial charge in [0.25, 0.3) is 5.91 Å². The topological polar surface area (TPSA) is 76.1 Å². The number of hydrogen-bond donors (Lipinski definition) is 1. The molecule has 1 N–H and O–H groups in total. The molecule has 7 heteroatoms. The summed E-state index contributed by atoms with van der Waals surface area (Å²) in [5.41, 5.74) is 1.19. The van der Waals surface area contributed by atoms with E-state index in [1.165, 1.54) is 4.90 Å². The zero-order chi connectivity index (χ0) is 19.4. The van der Waals surface area contributed by atoms with Crippen LogP contribution in [0, 0.1) is 0 Å². The lowest BCUT2D eigenvalue weighted by Crippen LogP contribution is -2.51. The van der Waals surface area contributed by atoms with Gasteiger partial charge in [0.05, 0.1) is 18.2 Å². The van der Waals surface area contributed by atoms with Crippen LogP contribution in [0.2, 0.25) is 5.02 Å². The van der Waals surface area contributed by atoms with Gasteiger partial charge in [-0.25, -0.2) is 4.79 Å². The molecule has 1 heterocycles. The lowest BCUT2D eigenvalue weighted by atomic mass is 10.1. The van der Waals surface area contributed by atoms with Crippen LogP contribution in [0.25, 0.3) is 0 Å². The van der Waals surface area contributed by atoms with Crippen LogP contribution < -0.4 is 4.74 Å². The summed E-state index contributed by atoms with van der Waals surface area (Å²) in [6.45, 7) is 2.29. The first-order chi connectivity index (χ1) is 13.0. The second-order valence-corrected chi connectivity index (χ2v) is 6.77. The van der Waals surface area contributed by atoms with Crippen LogP contribution in [0.5, 0.6) is 5.75 Å². The van der Waals surface area contributed by atoms with Crippen molar-refractivity contribution in [2.45, 2.75) is 25.7 Å². The fourth-order valence-corrected chi connectivity index (χ4v) is 3.15. The number of nitrogens with zero attached hydrogens (tertiary/aromatic N) is 1. The molecule has 1 saturated heterocycles. The zero-order valence-corrected chi connectivity index (χ0v) is 15.6. The van der Waals surface area contributed by atoms with E-state index < -0.39 is 12.1 Å². The molecule has 2 aromatic carbocycles. The molecule has 1 amide bonds. The Hall–Kier alpha value is -2.57. The molecule has 6 nitrogen and oxygen atoms in total. The van der Waals surface area contributed by atoms with Crippen molar-refractivity contribution in [3.63, 3.8) is 0 Å². The number of amides is 1. The summed E-state index contributed by atoms with van der Waals surface area (Å²) in [6.07, 6.45) is -1.39. The molecule has 0 radical (unpaired) electrons. The van der Waals surface area contributed by atoms with Gasteiger partial charge in [-0.2, -0.15) is 0 Å². The molecular formula is C20H20ClNO5. The van der Waals surface area contributed by atoms with Crippen LogP contribution in [0.3, 0.4) is 0 Å². The quantitative estimate of drug-likeness (QED) is 0.849. The van der Waals surface area contributed by atoms with E-state index in [2.05, 4.69) is 0 Å². The minimum atomic E-state index is -1.08. The molecular weight excluding hydrogens is 370 g/mol. The van der Waals surface area contributed by atoms with E-state index in [1.54, 1.807) is 37.3 Å². The second kappa shape index (κ2) is 8.41. The molecule has 0 bridgehead atoms. The summed E-state index contributed by atoms with van der Waals surface area (Å²) in [7, 11) is 0. The third-order valence-electron chi connectivity index (χ3n) is 4.28. The van der Waals surface area contributed by atoms with Crippen LogP contribution in [-0.4, -0.2) is 47.2 Å². The molecule has 27 heavy (non-hydrogen) atoms. The fourth-order valence-electron chi connectivity index (χ4n) is 2.96. The first-order valence-electron chi connectivity index (χ1n) is 8.58. The Morgan fingerprint density at radius 2 is 1.89 bits per heavy atom. The number of para-hydroxylation sites is 1. The number of halogens is 1. The van der Waals surface area contributed by atoms with Crippen molar-refractivity contribution in [3.8, 4) is 5.75 Å². The summed E-state index contributed by atoms with van der Waals surface area (Å²) in [5, 5.41) is 9.81. The first-order valence-corrected chi connectivity index (χ1v) is 8.96. The van der Waals surface area contributed by atoms with Gasteiger partial charge < -0.3 is 19.5 Å². The van der Waals surface area contributed by atoms with Gasteiger partial charge in [-0.3, -0.25) is 4.79 Å². The smallest absolute Gasteiger partial charge is 0.334 e. The number of carboxylic acids is 1. The number of morpholine rings is 1. The standard InChI is InChI=1S/C20H20ClNO5/c1-13-10-22(11-18(27-13)20(24)25)19(23)15-7-3-5-9-17(15)26-12-14-6-2-4-8-16(14)21/h2-9,13,18H,10-12H2,1H3,(H,24,25)/t13-,18?/m1/s1. The molecule has 3 rings (SSSR count). The van der Waals surface area contributed by atoms with Gasteiger partial charge in [-0.15, -0.1) is 0 Å². The van der Waals surface area contributed by atoms with Crippen molar-refractivity contribution in [2.75, 3.05) is 13.1 Å². The Labute approximate surface area is 162 Å². The summed E-state index contributed by atoms with van der Waals surface area (Å²) >= 11 is 6.15. The average molecular weight is 390 g/mol. The van der Waals surface area contributed by atoms with Crippen LogP contribution >= 0.6 is 11.6 Å². The molecule has 1 aliphatic rings. The predicted molar refractivity (Wildman–Crippen MR) is 100 cm³/mol. The predicted octanol–water partition coefficient (Wildman–Crippen LogP) is 3.23. The molecule has 2 aromatic rings. The monoisotopic (exact) mass is 389 g/mol. The lowest BCUT2D eigenvalue weighted by Gasteiger charge is -2.35. The largest absolute Gasteiger partial charge is 0.488 e. The number of hydrogen-bond acceptors (Lipinski definition) is 4. The number of benzene rings is 2. The Bertz CT molecular complexity index is 841. The van der Waals surface area contributed by atoms with Gasteiger partial charge in [0.2, 0.25) is 0 Å². The van der Waals surface area contributed by atoms with E-state index in [9.17, 15) is 14.7 Å². The molecule has 0 spiro atoms. The number of carbonyl (C=O) groups excluding carboxylic acids is 1. The van der Waals surface area contributed by atoms with Crippen molar-refractivity contribution >= 4 is 23.5 Å². The molecule has 0 aliphatic carbocycles. The summed E-state index contributed by atoms with van der Waals surface area (Å²) < 4.78 is 11.2. The molecule has 2 atom stereocenters. The molecule has 142 valence electrons. The third-order valence-corrected chi connectivity index (χ3v) is 4.65. The number of ether oxygens (including phenoxy) is 2. The van der Waals surface area contributed by atoms with Crippen molar-refractivity contribution in [1.29, 1.82) is 0 Å². The lowest BCUT2D eigenvalue weighted by molar-refractivity contribution is -0.160. The third kappa shape index (κ3) is 4.59. The molecule has 0 saturated carbocycles. The van der Waals surface area contributed by atoms with E-state index in [4.69, 9.17) is 21.1 Å². The van der Waals surface area contributed by atoms with Gasteiger partial charge >= 0.3 is 5.97 Å². The van der Waals surface area contributed by atoms with Gasteiger partial charge in [0.1, 0.15) is 12.4 Å². The van der Waals surface area contributed by atoms with Gasteiger partial charge in [0.15, 0.2) is 6.10 Å². The second-order valence-electron chi connectivity index (χ2n) is 6.36. The average Bonchev–Trinajstić information content (AvgIpc) is 2.66. The fraction of sp³-hybridized carbons (Fsp3) is 0.300. The zero-order valence-electron chi connectivity index (χ0n) is 14.8. The highest BCUT2D eigenvalue weighted by molar-refractivity contribution is 6.31. The molecule has 0 aromatic heterocycles. The van der Waals surface area contributed by atoms with Gasteiger partial charge in [0, 0.05) is 17.1 Å². The highest BCUT2D eigenvalue weighted by Gasteiger charge is 2.33. The highest BCUT2D eigenvalue weighted by atomic mass is 35.5. The summed E-state index contributed by atoms with van der Waals surface area (Å²) in [5.74, 6) is -0.942. The van der Waals surface area contributed by atoms with E-state index >= 15 is 0 Å². The minimum Gasteiger partial charge on any atom is -0.488 e. The van der Waals surface area contributed by atoms with Crippen molar-refractivity contribution in [3.05, 3.63) is 64.7 Å². The summed E-state index contributed by atoms with van der Waals surface area (Å²) in [6, 6.07) is 14.2. The van der Waals surface area contributed by atoms with E-state index in [1.807, 2.05) is 18.2 Å². The number of carboxylic acid groups (broad SMARTS) is 1. The maximum Gasteiger partial charge on any atom is 0.334 e. The Morgan fingerprint density at radius 3 is 2.63 bits per heavy atom. The van der Waals surface area contributed by atoms with Crippen molar-refractivity contribution in [1.82, 2.24) is 4.90 Å². The van der Waals surface area contributed by atoms with Crippen LogP contribution in [0.4, 0.5) is 0 Å². The maximum absolute atomic E-state index is 13.0. The maximum atomic E-state index is 13.0. The highest BCUT2D eigenvalue weighted by Crippen LogP contribution is 2.24. The van der Waals surface area contributed by atoms with Crippen LogP contribution in [0.1, 0.15) is 22.8 Å². The Morgan fingerprint density at radius 1 is 1.19 bits per heavy atom. The van der Waals surface area contributed by atoms with Crippen molar-refractivity contribution in [2.24, 2.45) is 0 Å². The van der Waals surface area contributed by atoms with Gasteiger partial charge in [-0.1, -0.05) is 41.9 Å². The van der Waals surface area contributed by atoms with Crippen molar-refractivity contribution < 1.29 is 24.2 Å². The van der Waals surface area contributed by atoms with E-state index in [0.29, 0.717) is 22.9 Å². The first kappa shape index (κ1) is 19.2. The molecule has 1 fully saturated rings. The molecule has 1 aliphatic heterocycles. The van der Waals surface area contributed by atoms with Crippen LogP contribution in [-0.2, 0) is 16.1 Å². The SMILES string of the molecule is C[C@@H]1CN(C(=O)c2ccccc2OCc2ccccc2Cl)CC(C(=O)O)O1. The summed E-state index contributed by atoms with van der Waals surface area (Å²) in [4.78, 5) is 25.7. The normalized spacial score (nSPS) is 19.6. The van der Waals surface area contributed by atoms with E-state index in [0.717, 1.165) is 5.56 Å². The Balaban J connectivity index is 1.77. The number of rotatable bonds is 5. The van der Waals surface area contributed by atoms with E-state index in [-0.39, 0.29) is 25.2 Å². The molecule has 1 unspecified atom stereocenters. The minimum absolute atomic E-state index is 0.00262.